The average molecular weight is 334 g/mol. The van der Waals surface area contributed by atoms with Crippen LogP contribution in [0.5, 0.6) is 0 Å². The number of hydrogen-bond donors (Lipinski definition) is 1. The smallest absolute Gasteiger partial charge is 0.274 e. The Balaban J connectivity index is 0.00000400. The molecule has 1 aromatic carbocycles. The van der Waals surface area contributed by atoms with E-state index < -0.39 is 11.0 Å². The Labute approximate surface area is 134 Å². The molecule has 0 aliphatic heterocycles. The predicted octanol–water partition coefficient (Wildman–Crippen LogP) is 2.06. The van der Waals surface area contributed by atoms with Crippen LogP contribution in [0.4, 0.5) is 5.69 Å². The van der Waals surface area contributed by atoms with Crippen molar-refractivity contribution in [3.63, 3.8) is 0 Å². The summed E-state index contributed by atoms with van der Waals surface area (Å²) in [6, 6.07) is 5.84. The Morgan fingerprint density at radius 1 is 1.48 bits per heavy atom. The van der Waals surface area contributed by atoms with Gasteiger partial charge in [-0.1, -0.05) is 18.2 Å². The Bertz CT molecular complexity index is 487. The second-order valence-corrected chi connectivity index (χ2v) is 5.45. The lowest BCUT2D eigenvalue weighted by molar-refractivity contribution is -0.385. The Kier molecular flexibility index (Phi) is 9.00. The molecule has 0 aliphatic carbocycles. The van der Waals surface area contributed by atoms with Gasteiger partial charge in [-0.25, -0.2) is 0 Å². The van der Waals surface area contributed by atoms with Crippen LogP contribution in [0.1, 0.15) is 12.0 Å². The van der Waals surface area contributed by atoms with Crippen LogP contribution in [0.3, 0.4) is 0 Å². The van der Waals surface area contributed by atoms with E-state index in [9.17, 15) is 14.9 Å². The zero-order chi connectivity index (χ0) is 15.1. The van der Waals surface area contributed by atoms with Gasteiger partial charge in [0.2, 0.25) is 5.91 Å². The van der Waals surface area contributed by atoms with E-state index >= 15 is 0 Å². The Morgan fingerprint density at radius 3 is 2.67 bits per heavy atom. The molecule has 1 rings (SSSR count). The van der Waals surface area contributed by atoms with Crippen LogP contribution < -0.4 is 5.73 Å². The number of para-hydroxylation sites is 1. The SMILES string of the molecule is CSCC[C@H](N)C(=O)N(C)Cc1ccccc1[N+](=O)[O-].Cl. The fourth-order valence-electron chi connectivity index (χ4n) is 1.81. The van der Waals surface area contributed by atoms with Gasteiger partial charge in [0.1, 0.15) is 0 Å². The van der Waals surface area contributed by atoms with Crippen LogP contribution in [-0.2, 0) is 11.3 Å². The summed E-state index contributed by atoms with van der Waals surface area (Å²) in [5.41, 5.74) is 6.34. The van der Waals surface area contributed by atoms with Crippen LogP contribution in [0, 0.1) is 10.1 Å². The van der Waals surface area contributed by atoms with Crippen LogP contribution in [-0.4, -0.2) is 40.8 Å². The van der Waals surface area contributed by atoms with Gasteiger partial charge in [-0.05, 0) is 18.4 Å². The highest BCUT2D eigenvalue weighted by Crippen LogP contribution is 2.19. The van der Waals surface area contributed by atoms with Crippen molar-refractivity contribution in [2.75, 3.05) is 19.1 Å². The summed E-state index contributed by atoms with van der Waals surface area (Å²) in [7, 11) is 1.61. The van der Waals surface area contributed by atoms with E-state index in [4.69, 9.17) is 5.73 Å². The van der Waals surface area contributed by atoms with Crippen molar-refractivity contribution >= 4 is 35.8 Å². The molecule has 1 aromatic rings. The molecule has 0 aliphatic rings. The third kappa shape index (κ3) is 5.91. The van der Waals surface area contributed by atoms with E-state index in [2.05, 4.69) is 0 Å². The number of likely N-dealkylation sites (N-methyl/N-ethyl adjacent to an activating group) is 1. The molecule has 118 valence electrons. The van der Waals surface area contributed by atoms with Crippen molar-refractivity contribution in [3.05, 3.63) is 39.9 Å². The molecule has 0 fully saturated rings. The van der Waals surface area contributed by atoms with Crippen molar-refractivity contribution in [1.82, 2.24) is 4.90 Å². The Morgan fingerprint density at radius 2 is 2.10 bits per heavy atom. The molecule has 0 saturated carbocycles. The predicted molar refractivity (Wildman–Crippen MR) is 87.8 cm³/mol. The number of thioether (sulfide) groups is 1. The van der Waals surface area contributed by atoms with Gasteiger partial charge < -0.3 is 10.6 Å². The fraction of sp³-hybridized carbons (Fsp3) is 0.462. The second-order valence-electron chi connectivity index (χ2n) is 4.47. The molecule has 1 atom stereocenters. The summed E-state index contributed by atoms with van der Waals surface area (Å²) in [4.78, 5) is 24.0. The first-order chi connectivity index (χ1) is 9.47. The van der Waals surface area contributed by atoms with Crippen LogP contribution in [0.25, 0.3) is 0 Å². The number of halogens is 1. The second kappa shape index (κ2) is 9.59. The zero-order valence-electron chi connectivity index (χ0n) is 12.0. The molecule has 8 heteroatoms. The maximum atomic E-state index is 12.1. The number of rotatable bonds is 7. The third-order valence-corrected chi connectivity index (χ3v) is 3.57. The topological polar surface area (TPSA) is 89.5 Å². The highest BCUT2D eigenvalue weighted by Gasteiger charge is 2.20. The van der Waals surface area contributed by atoms with Gasteiger partial charge in [0, 0.05) is 18.7 Å². The lowest BCUT2D eigenvalue weighted by Gasteiger charge is -2.21. The maximum absolute atomic E-state index is 12.1. The maximum Gasteiger partial charge on any atom is 0.274 e. The van der Waals surface area contributed by atoms with Crippen molar-refractivity contribution in [2.24, 2.45) is 5.73 Å². The molecule has 6 nitrogen and oxygen atoms in total. The minimum Gasteiger partial charge on any atom is -0.340 e. The molecule has 0 heterocycles. The molecular weight excluding hydrogens is 314 g/mol. The third-order valence-electron chi connectivity index (χ3n) is 2.92. The first-order valence-electron chi connectivity index (χ1n) is 6.19. The molecule has 0 aromatic heterocycles. The van der Waals surface area contributed by atoms with E-state index in [1.54, 1.807) is 37.0 Å². The van der Waals surface area contributed by atoms with Gasteiger partial charge in [0.05, 0.1) is 17.5 Å². The first-order valence-corrected chi connectivity index (χ1v) is 7.58. The fourth-order valence-corrected chi connectivity index (χ4v) is 2.30. The van der Waals surface area contributed by atoms with Gasteiger partial charge in [-0.3, -0.25) is 14.9 Å². The largest absolute Gasteiger partial charge is 0.340 e. The number of amides is 1. The summed E-state index contributed by atoms with van der Waals surface area (Å²) in [6.45, 7) is 0.183. The van der Waals surface area contributed by atoms with E-state index in [0.29, 0.717) is 12.0 Å². The molecular formula is C13H20ClN3O3S. The number of benzene rings is 1. The monoisotopic (exact) mass is 333 g/mol. The molecule has 1 amide bonds. The van der Waals surface area contributed by atoms with Gasteiger partial charge in [-0.15, -0.1) is 12.4 Å². The number of hydrogen-bond acceptors (Lipinski definition) is 5. The summed E-state index contributed by atoms with van der Waals surface area (Å²) >= 11 is 1.63. The lowest BCUT2D eigenvalue weighted by Crippen LogP contribution is -2.41. The van der Waals surface area contributed by atoms with E-state index in [-0.39, 0.29) is 30.5 Å². The van der Waals surface area contributed by atoms with E-state index in [1.807, 2.05) is 6.26 Å². The standard InChI is InChI=1S/C13H19N3O3S.ClH/c1-15(13(17)11(14)7-8-20-2)9-10-5-3-4-6-12(10)16(18)19;/h3-6,11H,7-9,14H2,1-2H3;1H/t11-;/m0./s1. The normalized spacial score (nSPS) is 11.4. The number of nitro benzene ring substituents is 1. The van der Waals surface area contributed by atoms with Gasteiger partial charge in [-0.2, -0.15) is 11.8 Å². The first kappa shape index (κ1) is 19.7. The van der Waals surface area contributed by atoms with Crippen molar-refractivity contribution in [1.29, 1.82) is 0 Å². The summed E-state index contributed by atoms with van der Waals surface area (Å²) in [5.74, 6) is 0.615. The number of nitrogens with two attached hydrogens (primary N) is 1. The molecule has 0 unspecified atom stereocenters. The summed E-state index contributed by atoms with van der Waals surface area (Å²) < 4.78 is 0. The lowest BCUT2D eigenvalue weighted by atomic mass is 10.1. The number of nitro groups is 1. The summed E-state index contributed by atoms with van der Waals surface area (Å²) in [6.07, 6.45) is 2.55. The molecule has 2 N–H and O–H groups in total. The molecule has 21 heavy (non-hydrogen) atoms. The minimum atomic E-state index is -0.560. The minimum absolute atomic E-state index is 0. The highest BCUT2D eigenvalue weighted by atomic mass is 35.5. The Hall–Kier alpha value is -1.31. The molecule has 0 radical (unpaired) electrons. The number of carbonyl (C=O) groups excluding carboxylic acids is 1. The average Bonchev–Trinajstić information content (AvgIpc) is 2.44. The molecule has 0 spiro atoms. The number of nitrogens with zero attached hydrogens (tertiary/aromatic N) is 2. The van der Waals surface area contributed by atoms with Crippen molar-refractivity contribution in [3.8, 4) is 0 Å². The van der Waals surface area contributed by atoms with Crippen LogP contribution in [0.2, 0.25) is 0 Å². The van der Waals surface area contributed by atoms with Crippen molar-refractivity contribution < 1.29 is 9.72 Å². The molecule has 0 bridgehead atoms. The molecule has 0 saturated heterocycles. The van der Waals surface area contributed by atoms with Crippen molar-refractivity contribution in [2.45, 2.75) is 19.0 Å². The van der Waals surface area contributed by atoms with E-state index in [1.165, 1.54) is 11.0 Å². The van der Waals surface area contributed by atoms with Gasteiger partial charge >= 0.3 is 0 Å². The van der Waals surface area contributed by atoms with Crippen LogP contribution >= 0.6 is 24.2 Å². The highest BCUT2D eigenvalue weighted by molar-refractivity contribution is 7.98. The number of carbonyl (C=O) groups is 1. The van der Waals surface area contributed by atoms with Crippen LogP contribution in [0.15, 0.2) is 24.3 Å². The van der Waals surface area contributed by atoms with Gasteiger partial charge in [0.15, 0.2) is 0 Å². The van der Waals surface area contributed by atoms with E-state index in [0.717, 1.165) is 5.75 Å². The zero-order valence-corrected chi connectivity index (χ0v) is 13.7. The van der Waals surface area contributed by atoms with Gasteiger partial charge in [0.25, 0.3) is 5.69 Å². The summed E-state index contributed by atoms with van der Waals surface area (Å²) in [5, 5.41) is 10.9. The quantitative estimate of drug-likeness (QED) is 0.609.